The molecule has 15 heavy (non-hydrogen) atoms. The van der Waals surface area contributed by atoms with Crippen LogP contribution in [0.25, 0.3) is 0 Å². The van der Waals surface area contributed by atoms with Crippen LogP contribution in [0.2, 0.25) is 0 Å². The van der Waals surface area contributed by atoms with Gasteiger partial charge < -0.3 is 4.74 Å². The number of fused-ring (bicyclic) bond motifs is 1. The number of hydrogen-bond acceptors (Lipinski definition) is 2. The third kappa shape index (κ3) is 0.839. The number of carbonyl (C=O) groups is 1. The van der Waals surface area contributed by atoms with Gasteiger partial charge in [-0.2, -0.15) is 0 Å². The van der Waals surface area contributed by atoms with E-state index in [0.29, 0.717) is 20.7 Å². The summed E-state index contributed by atoms with van der Waals surface area (Å²) in [6.07, 6.45) is 7.92. The Hall–Kier alpha value is 0.200. The van der Waals surface area contributed by atoms with Gasteiger partial charge in [-0.25, -0.2) is 0 Å². The van der Waals surface area contributed by atoms with Crippen molar-refractivity contribution in [2.24, 2.45) is 16.7 Å². The summed E-state index contributed by atoms with van der Waals surface area (Å²) in [4.78, 5) is 12.0. The molecular weight excluding hydrogens is 303 g/mol. The lowest BCUT2D eigenvalue weighted by molar-refractivity contribution is -0.157. The van der Waals surface area contributed by atoms with Crippen molar-refractivity contribution in [3.05, 3.63) is 0 Å². The molecule has 0 unspecified atom stereocenters. The van der Waals surface area contributed by atoms with Crippen molar-refractivity contribution in [2.45, 2.75) is 48.6 Å². The molecule has 1 aliphatic heterocycles. The van der Waals surface area contributed by atoms with E-state index in [4.69, 9.17) is 4.74 Å². The summed E-state index contributed by atoms with van der Waals surface area (Å²) in [5.74, 6) is 0.441. The van der Waals surface area contributed by atoms with Crippen LogP contribution < -0.4 is 0 Å². The molecule has 0 amide bonds. The molecule has 0 aromatic rings. The van der Waals surface area contributed by atoms with Gasteiger partial charge >= 0.3 is 5.97 Å². The number of esters is 1. The standard InChI is InChI=1S/C12H15IO2/c13-7-5-11-3-1-2-4-12(11)6-8(7)15-10(14)9(11)12/h7-9H,1-6H2/t7-,8+,9+,11+,12-/m1/s1. The summed E-state index contributed by atoms with van der Waals surface area (Å²) >= 11 is 2.50. The Morgan fingerprint density at radius 1 is 1.20 bits per heavy atom. The first-order valence-corrected chi connectivity index (χ1v) is 7.29. The fraction of sp³-hybridized carbons (Fsp3) is 0.917. The van der Waals surface area contributed by atoms with E-state index in [-0.39, 0.29) is 12.1 Å². The number of ether oxygens (including phenoxy) is 1. The van der Waals surface area contributed by atoms with Crippen LogP contribution >= 0.6 is 22.6 Å². The highest BCUT2D eigenvalue weighted by Gasteiger charge is 2.83. The highest BCUT2D eigenvalue weighted by atomic mass is 127. The molecule has 1 heterocycles. The lowest BCUT2D eigenvalue weighted by atomic mass is 9.70. The van der Waals surface area contributed by atoms with Crippen LogP contribution in [0.4, 0.5) is 0 Å². The summed E-state index contributed by atoms with van der Waals surface area (Å²) < 4.78 is 6.15. The first kappa shape index (κ1) is 9.25. The average molecular weight is 318 g/mol. The molecule has 5 atom stereocenters. The number of halogens is 1. The van der Waals surface area contributed by atoms with E-state index in [2.05, 4.69) is 22.6 Å². The molecule has 4 aliphatic rings. The minimum atomic E-state index is 0.146. The molecule has 2 nitrogen and oxygen atoms in total. The summed E-state index contributed by atoms with van der Waals surface area (Å²) in [5, 5.41) is 0. The van der Waals surface area contributed by atoms with Crippen LogP contribution in [0.15, 0.2) is 0 Å². The van der Waals surface area contributed by atoms with Gasteiger partial charge in [-0.05, 0) is 36.5 Å². The Morgan fingerprint density at radius 2 is 1.87 bits per heavy atom. The van der Waals surface area contributed by atoms with E-state index in [9.17, 15) is 4.79 Å². The van der Waals surface area contributed by atoms with Gasteiger partial charge in [0.1, 0.15) is 6.10 Å². The van der Waals surface area contributed by atoms with Crippen molar-refractivity contribution in [1.82, 2.24) is 0 Å². The Balaban J connectivity index is 1.84. The molecule has 4 rings (SSSR count). The van der Waals surface area contributed by atoms with E-state index < -0.39 is 0 Å². The summed E-state index contributed by atoms with van der Waals surface area (Å²) in [6, 6.07) is 0. The van der Waals surface area contributed by atoms with Gasteiger partial charge in [-0.15, -0.1) is 0 Å². The summed E-state index contributed by atoms with van der Waals surface area (Å²) in [7, 11) is 0. The highest BCUT2D eigenvalue weighted by Crippen LogP contribution is 2.83. The van der Waals surface area contributed by atoms with Crippen molar-refractivity contribution in [1.29, 1.82) is 0 Å². The summed E-state index contributed by atoms with van der Waals surface area (Å²) in [5.41, 5.74) is 0.800. The molecule has 1 spiro atoms. The minimum absolute atomic E-state index is 0.146. The van der Waals surface area contributed by atoms with Gasteiger partial charge in [-0.3, -0.25) is 4.79 Å². The maximum Gasteiger partial charge on any atom is 0.310 e. The molecule has 82 valence electrons. The summed E-state index contributed by atoms with van der Waals surface area (Å²) in [6.45, 7) is 0. The average Bonchev–Trinajstić information content (AvgIpc) is 2.83. The number of carbonyl (C=O) groups excluding carboxylic acids is 1. The zero-order valence-electron chi connectivity index (χ0n) is 8.67. The van der Waals surface area contributed by atoms with Gasteiger partial charge in [-0.1, -0.05) is 35.4 Å². The molecule has 0 radical (unpaired) electrons. The second kappa shape index (κ2) is 2.54. The zero-order valence-corrected chi connectivity index (χ0v) is 10.8. The maximum atomic E-state index is 12.0. The smallest absolute Gasteiger partial charge is 0.310 e. The maximum absolute atomic E-state index is 12.0. The molecule has 3 saturated carbocycles. The van der Waals surface area contributed by atoms with Crippen LogP contribution in [0, 0.1) is 16.7 Å². The van der Waals surface area contributed by atoms with E-state index in [1.807, 2.05) is 0 Å². The first-order chi connectivity index (χ1) is 7.20. The van der Waals surface area contributed by atoms with Crippen molar-refractivity contribution in [3.63, 3.8) is 0 Å². The lowest BCUT2D eigenvalue weighted by Crippen LogP contribution is -2.40. The van der Waals surface area contributed by atoms with Gasteiger partial charge in [0.05, 0.1) is 5.92 Å². The molecule has 4 fully saturated rings. The quantitative estimate of drug-likeness (QED) is 0.390. The predicted octanol–water partition coefficient (Wildman–Crippen LogP) is 2.69. The van der Waals surface area contributed by atoms with Crippen molar-refractivity contribution < 1.29 is 9.53 Å². The molecule has 2 bridgehead atoms. The predicted molar refractivity (Wildman–Crippen MR) is 63.7 cm³/mol. The Kier molecular flexibility index (Phi) is 1.57. The third-order valence-electron chi connectivity index (χ3n) is 5.54. The van der Waals surface area contributed by atoms with Crippen LogP contribution in [-0.4, -0.2) is 16.0 Å². The fourth-order valence-corrected chi connectivity index (χ4v) is 6.19. The highest BCUT2D eigenvalue weighted by molar-refractivity contribution is 14.1. The molecular formula is C12H15IO2. The zero-order chi connectivity index (χ0) is 10.3. The van der Waals surface area contributed by atoms with E-state index in [1.54, 1.807) is 0 Å². The van der Waals surface area contributed by atoms with Gasteiger partial charge in [0, 0.05) is 3.92 Å². The molecule has 0 aromatic carbocycles. The monoisotopic (exact) mass is 318 g/mol. The van der Waals surface area contributed by atoms with E-state index >= 15 is 0 Å². The van der Waals surface area contributed by atoms with Crippen LogP contribution in [-0.2, 0) is 9.53 Å². The molecule has 1 saturated heterocycles. The Bertz CT molecular complexity index is 356. The normalized spacial score (nSPS) is 60.6. The Labute approximate surface area is 103 Å². The van der Waals surface area contributed by atoms with Crippen molar-refractivity contribution in [2.75, 3.05) is 0 Å². The topological polar surface area (TPSA) is 26.3 Å². The van der Waals surface area contributed by atoms with Gasteiger partial charge in [0.2, 0.25) is 0 Å². The first-order valence-electron chi connectivity index (χ1n) is 6.04. The fourth-order valence-electron chi connectivity index (χ4n) is 5.00. The molecule has 0 aromatic heterocycles. The number of hydrogen-bond donors (Lipinski definition) is 0. The number of alkyl halides is 1. The molecule has 0 N–H and O–H groups in total. The largest absolute Gasteiger partial charge is 0.461 e. The number of rotatable bonds is 0. The second-order valence-corrected chi connectivity index (χ2v) is 7.45. The van der Waals surface area contributed by atoms with Crippen molar-refractivity contribution >= 4 is 28.6 Å². The van der Waals surface area contributed by atoms with E-state index in [0.717, 1.165) is 0 Å². The third-order valence-corrected chi connectivity index (χ3v) is 6.78. The molecule has 3 heteroatoms. The SMILES string of the molecule is O=C1O[C@H]2C[C@@]34CCCC[C@]3(C[C@H]2I)[C@H]14. The van der Waals surface area contributed by atoms with Crippen molar-refractivity contribution in [3.8, 4) is 0 Å². The minimum Gasteiger partial charge on any atom is -0.461 e. The van der Waals surface area contributed by atoms with E-state index in [1.165, 1.54) is 38.5 Å². The molecule has 3 aliphatic carbocycles. The lowest BCUT2D eigenvalue weighted by Gasteiger charge is -2.40. The van der Waals surface area contributed by atoms with Crippen LogP contribution in [0.3, 0.4) is 0 Å². The Morgan fingerprint density at radius 3 is 2.60 bits per heavy atom. The van der Waals surface area contributed by atoms with Gasteiger partial charge in [0.15, 0.2) is 0 Å². The van der Waals surface area contributed by atoms with Crippen LogP contribution in [0.5, 0.6) is 0 Å². The van der Waals surface area contributed by atoms with Gasteiger partial charge in [0.25, 0.3) is 0 Å². The van der Waals surface area contributed by atoms with Crippen LogP contribution in [0.1, 0.15) is 38.5 Å². The second-order valence-electron chi connectivity index (χ2n) is 5.85.